The lowest BCUT2D eigenvalue weighted by Crippen LogP contribution is -2.18. The van der Waals surface area contributed by atoms with Gasteiger partial charge in [0.15, 0.2) is 0 Å². The molecule has 0 aromatic heterocycles. The Kier molecular flexibility index (Phi) is 5.07. The van der Waals surface area contributed by atoms with Crippen molar-refractivity contribution >= 4 is 34.2 Å². The molecule has 4 heteroatoms. The average Bonchev–Trinajstić information content (AvgIpc) is 2.44. The fourth-order valence-electron chi connectivity index (χ4n) is 2.06. The Hall–Kier alpha value is -0.780. The minimum Gasteiger partial charge on any atom is -0.497 e. The van der Waals surface area contributed by atoms with Crippen LogP contribution >= 0.6 is 34.2 Å². The number of methoxy groups -OCH3 is 1. The molecule has 2 nitrogen and oxygen atoms in total. The molecule has 2 aromatic rings. The number of hydrogen-bond donors (Lipinski definition) is 1. The second-order valence-electron chi connectivity index (χ2n) is 4.16. The van der Waals surface area contributed by atoms with E-state index >= 15 is 0 Å². The highest BCUT2D eigenvalue weighted by Gasteiger charge is 2.15. The molecule has 100 valence electrons. The van der Waals surface area contributed by atoms with E-state index in [1.807, 2.05) is 43.4 Å². The van der Waals surface area contributed by atoms with Crippen molar-refractivity contribution in [2.24, 2.45) is 0 Å². The highest BCUT2D eigenvalue weighted by atomic mass is 127. The third kappa shape index (κ3) is 3.41. The molecular formula is C15H15ClINO. The molecule has 0 fully saturated rings. The van der Waals surface area contributed by atoms with Crippen LogP contribution in [0.1, 0.15) is 17.2 Å². The molecule has 1 unspecified atom stereocenters. The zero-order valence-electron chi connectivity index (χ0n) is 10.8. The number of nitrogens with one attached hydrogen (secondary N) is 1. The van der Waals surface area contributed by atoms with Crippen molar-refractivity contribution in [3.8, 4) is 5.75 Å². The number of rotatable bonds is 4. The first-order chi connectivity index (χ1) is 9.15. The van der Waals surface area contributed by atoms with E-state index in [-0.39, 0.29) is 6.04 Å². The van der Waals surface area contributed by atoms with Gasteiger partial charge in [-0.25, -0.2) is 0 Å². The molecule has 0 saturated carbocycles. The standard InChI is InChI=1S/C15H15ClINO/c1-18-15(10-4-3-5-12(8-10)19-2)13-9-11(16)6-7-14(13)17/h3-9,15,18H,1-2H3. The Morgan fingerprint density at radius 2 is 2.00 bits per heavy atom. The van der Waals surface area contributed by atoms with Gasteiger partial charge in [-0.05, 0) is 71.1 Å². The fourth-order valence-corrected chi connectivity index (χ4v) is 2.89. The van der Waals surface area contributed by atoms with Crippen LogP contribution in [0.3, 0.4) is 0 Å². The first-order valence-electron chi connectivity index (χ1n) is 5.92. The van der Waals surface area contributed by atoms with Gasteiger partial charge in [0, 0.05) is 8.59 Å². The Bertz CT molecular complexity index is 574. The maximum Gasteiger partial charge on any atom is 0.119 e. The van der Waals surface area contributed by atoms with Crippen LogP contribution < -0.4 is 10.1 Å². The van der Waals surface area contributed by atoms with Crippen molar-refractivity contribution in [2.75, 3.05) is 14.2 Å². The SMILES string of the molecule is CNC(c1cccc(OC)c1)c1cc(Cl)ccc1I. The van der Waals surface area contributed by atoms with E-state index < -0.39 is 0 Å². The molecule has 0 aliphatic carbocycles. The van der Waals surface area contributed by atoms with Gasteiger partial charge in [0.1, 0.15) is 5.75 Å². The predicted molar refractivity (Wildman–Crippen MR) is 88.1 cm³/mol. The first kappa shape index (κ1) is 14.6. The predicted octanol–water partition coefficient (Wildman–Crippen LogP) is 4.26. The van der Waals surface area contributed by atoms with Gasteiger partial charge in [-0.2, -0.15) is 0 Å². The van der Waals surface area contributed by atoms with Gasteiger partial charge < -0.3 is 10.1 Å². The van der Waals surface area contributed by atoms with E-state index in [0.717, 1.165) is 16.3 Å². The average molecular weight is 388 g/mol. The van der Waals surface area contributed by atoms with Gasteiger partial charge in [0.05, 0.1) is 13.2 Å². The van der Waals surface area contributed by atoms with Crippen molar-refractivity contribution in [1.29, 1.82) is 0 Å². The summed E-state index contributed by atoms with van der Waals surface area (Å²) in [4.78, 5) is 0. The smallest absolute Gasteiger partial charge is 0.119 e. The van der Waals surface area contributed by atoms with Crippen molar-refractivity contribution in [3.05, 3.63) is 62.2 Å². The second-order valence-corrected chi connectivity index (χ2v) is 5.76. The van der Waals surface area contributed by atoms with Crippen LogP contribution in [0, 0.1) is 3.57 Å². The van der Waals surface area contributed by atoms with E-state index in [9.17, 15) is 0 Å². The van der Waals surface area contributed by atoms with Crippen molar-refractivity contribution < 1.29 is 4.74 Å². The van der Waals surface area contributed by atoms with Gasteiger partial charge in [-0.15, -0.1) is 0 Å². The Morgan fingerprint density at radius 3 is 2.68 bits per heavy atom. The largest absolute Gasteiger partial charge is 0.497 e. The van der Waals surface area contributed by atoms with E-state index in [0.29, 0.717) is 0 Å². The van der Waals surface area contributed by atoms with Gasteiger partial charge in [-0.1, -0.05) is 23.7 Å². The molecule has 0 amide bonds. The summed E-state index contributed by atoms with van der Waals surface area (Å²) in [7, 11) is 3.62. The van der Waals surface area contributed by atoms with Crippen LogP contribution in [0.2, 0.25) is 5.02 Å². The van der Waals surface area contributed by atoms with E-state index in [1.165, 1.54) is 9.13 Å². The van der Waals surface area contributed by atoms with Crippen molar-refractivity contribution in [3.63, 3.8) is 0 Å². The molecule has 0 saturated heterocycles. The highest BCUT2D eigenvalue weighted by Crippen LogP contribution is 2.30. The Labute approximate surface area is 132 Å². The third-order valence-electron chi connectivity index (χ3n) is 2.98. The van der Waals surface area contributed by atoms with Gasteiger partial charge in [0.25, 0.3) is 0 Å². The molecule has 0 heterocycles. The molecule has 0 bridgehead atoms. The van der Waals surface area contributed by atoms with E-state index in [1.54, 1.807) is 7.11 Å². The topological polar surface area (TPSA) is 21.3 Å². The number of ether oxygens (including phenoxy) is 1. The zero-order valence-corrected chi connectivity index (χ0v) is 13.7. The summed E-state index contributed by atoms with van der Waals surface area (Å²) in [6.07, 6.45) is 0. The molecule has 0 aliphatic rings. The summed E-state index contributed by atoms with van der Waals surface area (Å²) in [6.45, 7) is 0. The van der Waals surface area contributed by atoms with Crippen LogP contribution in [0.5, 0.6) is 5.75 Å². The Balaban J connectivity index is 2.46. The van der Waals surface area contributed by atoms with Crippen LogP contribution in [-0.4, -0.2) is 14.2 Å². The van der Waals surface area contributed by atoms with Crippen molar-refractivity contribution in [1.82, 2.24) is 5.32 Å². The summed E-state index contributed by atoms with van der Waals surface area (Å²) in [5.41, 5.74) is 2.32. The first-order valence-corrected chi connectivity index (χ1v) is 7.37. The van der Waals surface area contributed by atoms with Gasteiger partial charge in [-0.3, -0.25) is 0 Å². The minimum atomic E-state index is 0.0979. The Morgan fingerprint density at radius 1 is 1.21 bits per heavy atom. The number of halogens is 2. The lowest BCUT2D eigenvalue weighted by Gasteiger charge is -2.19. The van der Waals surface area contributed by atoms with Crippen LogP contribution in [0.15, 0.2) is 42.5 Å². The number of benzene rings is 2. The highest BCUT2D eigenvalue weighted by molar-refractivity contribution is 14.1. The maximum atomic E-state index is 6.11. The second kappa shape index (κ2) is 6.59. The molecule has 2 aromatic carbocycles. The summed E-state index contributed by atoms with van der Waals surface area (Å²) in [5, 5.41) is 4.08. The normalized spacial score (nSPS) is 12.2. The van der Waals surface area contributed by atoms with E-state index in [2.05, 4.69) is 34.0 Å². The summed E-state index contributed by atoms with van der Waals surface area (Å²) < 4.78 is 6.47. The molecule has 0 radical (unpaired) electrons. The summed E-state index contributed by atoms with van der Waals surface area (Å²) in [6, 6.07) is 14.1. The third-order valence-corrected chi connectivity index (χ3v) is 4.20. The summed E-state index contributed by atoms with van der Waals surface area (Å²) in [5.74, 6) is 0.856. The quantitative estimate of drug-likeness (QED) is 0.792. The molecule has 1 N–H and O–H groups in total. The molecular weight excluding hydrogens is 373 g/mol. The maximum absolute atomic E-state index is 6.11. The zero-order chi connectivity index (χ0) is 13.8. The van der Waals surface area contributed by atoms with E-state index in [4.69, 9.17) is 16.3 Å². The van der Waals surface area contributed by atoms with Crippen LogP contribution in [0.4, 0.5) is 0 Å². The van der Waals surface area contributed by atoms with Crippen LogP contribution in [0.25, 0.3) is 0 Å². The summed E-state index contributed by atoms with van der Waals surface area (Å²) >= 11 is 8.44. The molecule has 0 spiro atoms. The lowest BCUT2D eigenvalue weighted by molar-refractivity contribution is 0.414. The molecule has 19 heavy (non-hydrogen) atoms. The van der Waals surface area contributed by atoms with Crippen LogP contribution in [-0.2, 0) is 0 Å². The fraction of sp³-hybridized carbons (Fsp3) is 0.200. The van der Waals surface area contributed by atoms with Gasteiger partial charge in [0.2, 0.25) is 0 Å². The van der Waals surface area contributed by atoms with Gasteiger partial charge >= 0.3 is 0 Å². The molecule has 0 aliphatic heterocycles. The molecule has 1 atom stereocenters. The minimum absolute atomic E-state index is 0.0979. The number of hydrogen-bond acceptors (Lipinski definition) is 2. The molecule has 2 rings (SSSR count). The van der Waals surface area contributed by atoms with Crippen molar-refractivity contribution in [2.45, 2.75) is 6.04 Å². The monoisotopic (exact) mass is 387 g/mol. The lowest BCUT2D eigenvalue weighted by atomic mass is 9.99.